The fourth-order valence-corrected chi connectivity index (χ4v) is 3.25. The molecule has 0 bridgehead atoms. The molecule has 1 saturated heterocycles. The van der Waals surface area contributed by atoms with Gasteiger partial charge in [0.1, 0.15) is 23.5 Å². The first kappa shape index (κ1) is 19.8. The van der Waals surface area contributed by atoms with Crippen molar-refractivity contribution in [1.82, 2.24) is 29.5 Å². The van der Waals surface area contributed by atoms with Gasteiger partial charge < -0.3 is 14.5 Å². The van der Waals surface area contributed by atoms with Gasteiger partial charge in [-0.2, -0.15) is 5.10 Å². The molecule has 30 heavy (non-hydrogen) atoms. The third kappa shape index (κ3) is 3.94. The molecule has 4 heterocycles. The third-order valence-corrected chi connectivity index (χ3v) is 4.73. The van der Waals surface area contributed by atoms with Crippen molar-refractivity contribution in [1.29, 1.82) is 10.8 Å². The van der Waals surface area contributed by atoms with E-state index in [1.807, 2.05) is 4.90 Å². The summed E-state index contributed by atoms with van der Waals surface area (Å²) in [6.45, 7) is 2.00. The van der Waals surface area contributed by atoms with Gasteiger partial charge >= 0.3 is 0 Å². The summed E-state index contributed by atoms with van der Waals surface area (Å²) in [4.78, 5) is 16.3. The van der Waals surface area contributed by atoms with Gasteiger partial charge in [0.15, 0.2) is 5.65 Å². The Labute approximate surface area is 170 Å². The number of imidazole rings is 1. The minimum atomic E-state index is -2.68. The van der Waals surface area contributed by atoms with Crippen LogP contribution in [0.4, 0.5) is 14.6 Å². The maximum absolute atomic E-state index is 13.0. The van der Waals surface area contributed by atoms with Gasteiger partial charge in [0.25, 0.3) is 6.43 Å². The summed E-state index contributed by atoms with van der Waals surface area (Å²) in [5.41, 5.74) is 1.10. The van der Waals surface area contributed by atoms with Crippen molar-refractivity contribution in [3.8, 4) is 11.4 Å². The maximum Gasteiger partial charge on any atom is 0.282 e. The summed E-state index contributed by atoms with van der Waals surface area (Å²) in [7, 11) is 0. The van der Waals surface area contributed by atoms with E-state index >= 15 is 0 Å². The molecule has 1 aliphatic rings. The van der Waals surface area contributed by atoms with Gasteiger partial charge in [-0.05, 0) is 12.1 Å². The van der Waals surface area contributed by atoms with Crippen LogP contribution in [0.15, 0.2) is 30.7 Å². The Bertz CT molecular complexity index is 1050. The van der Waals surface area contributed by atoms with E-state index in [1.54, 1.807) is 6.07 Å². The molecule has 0 aliphatic carbocycles. The zero-order valence-corrected chi connectivity index (χ0v) is 15.8. The molecular weight excluding hydrogens is 396 g/mol. The molecule has 1 fully saturated rings. The Kier molecular flexibility index (Phi) is 5.57. The number of ether oxygens (including phenoxy) is 1. The smallest absolute Gasteiger partial charge is 0.282 e. The topological polar surface area (TPSA) is 119 Å². The van der Waals surface area contributed by atoms with Gasteiger partial charge in [0.2, 0.25) is 0 Å². The number of hydrogen-bond acceptors (Lipinski definition) is 8. The second kappa shape index (κ2) is 8.45. The number of anilines is 1. The summed E-state index contributed by atoms with van der Waals surface area (Å²) in [5.74, 6) is 0.657. The first-order valence-corrected chi connectivity index (χ1v) is 9.17. The van der Waals surface area contributed by atoms with Crippen LogP contribution in [0.3, 0.4) is 0 Å². The number of halogens is 2. The van der Waals surface area contributed by atoms with E-state index in [-0.39, 0.29) is 11.8 Å². The molecule has 3 aromatic rings. The Morgan fingerprint density at radius 2 is 2.07 bits per heavy atom. The lowest BCUT2D eigenvalue weighted by atomic mass is 10.2. The Hall–Kier alpha value is -3.54. The van der Waals surface area contributed by atoms with Crippen molar-refractivity contribution in [2.24, 2.45) is 0 Å². The van der Waals surface area contributed by atoms with Crippen molar-refractivity contribution in [2.75, 3.05) is 31.1 Å². The SMILES string of the molecule is N=CN(C=N)CC1CN(c2cc(-c3cnc4ccc(C(F)F)nn34)ncn2)CCO1. The van der Waals surface area contributed by atoms with Gasteiger partial charge in [0, 0.05) is 19.2 Å². The van der Waals surface area contributed by atoms with E-state index in [1.165, 1.54) is 34.1 Å². The van der Waals surface area contributed by atoms with Crippen molar-refractivity contribution in [2.45, 2.75) is 12.5 Å². The molecule has 1 aliphatic heterocycles. The number of hydrogen-bond donors (Lipinski definition) is 2. The lowest BCUT2D eigenvalue weighted by Gasteiger charge is -2.35. The standard InChI is InChI=1S/C18H19F2N9O/c19-18(20)13-1-2-16-23-6-15(29(16)26-13)14-5-17(25-11-24-14)28-3-4-30-12(8-28)7-27(9-21)10-22/h1-2,5-6,9-12,18,21-22H,3-4,7-8H2. The molecule has 1 unspecified atom stereocenters. The number of aromatic nitrogens is 5. The van der Waals surface area contributed by atoms with Crippen LogP contribution in [0, 0.1) is 10.8 Å². The fourth-order valence-electron chi connectivity index (χ4n) is 3.25. The van der Waals surface area contributed by atoms with E-state index < -0.39 is 6.43 Å². The molecule has 4 rings (SSSR count). The first-order chi connectivity index (χ1) is 14.6. The van der Waals surface area contributed by atoms with Crippen molar-refractivity contribution < 1.29 is 13.5 Å². The lowest BCUT2D eigenvalue weighted by Crippen LogP contribution is -2.47. The van der Waals surface area contributed by atoms with Gasteiger partial charge in [-0.3, -0.25) is 10.8 Å². The minimum Gasteiger partial charge on any atom is -0.373 e. The second-order valence-corrected chi connectivity index (χ2v) is 6.63. The summed E-state index contributed by atoms with van der Waals surface area (Å²) < 4.78 is 33.2. The van der Waals surface area contributed by atoms with Crippen molar-refractivity contribution in [3.63, 3.8) is 0 Å². The number of alkyl halides is 2. The summed E-state index contributed by atoms with van der Waals surface area (Å²) in [5, 5.41) is 18.6. The van der Waals surface area contributed by atoms with E-state index in [4.69, 9.17) is 15.6 Å². The highest BCUT2D eigenvalue weighted by atomic mass is 19.3. The molecule has 0 spiro atoms. The Balaban J connectivity index is 1.60. The monoisotopic (exact) mass is 415 g/mol. The van der Waals surface area contributed by atoms with Crippen LogP contribution >= 0.6 is 0 Å². The van der Waals surface area contributed by atoms with Crippen LogP contribution in [-0.2, 0) is 4.74 Å². The Morgan fingerprint density at radius 3 is 2.83 bits per heavy atom. The van der Waals surface area contributed by atoms with E-state index in [2.05, 4.69) is 20.1 Å². The van der Waals surface area contributed by atoms with Crippen molar-refractivity contribution in [3.05, 3.63) is 36.4 Å². The molecule has 156 valence electrons. The fraction of sp³-hybridized carbons (Fsp3) is 0.333. The van der Waals surface area contributed by atoms with Crippen molar-refractivity contribution >= 4 is 24.1 Å². The molecule has 10 nitrogen and oxygen atoms in total. The molecule has 0 aromatic carbocycles. The van der Waals surface area contributed by atoms with E-state index in [9.17, 15) is 8.78 Å². The van der Waals surface area contributed by atoms with Crippen LogP contribution in [0.2, 0.25) is 0 Å². The largest absolute Gasteiger partial charge is 0.373 e. The van der Waals surface area contributed by atoms with E-state index in [0.29, 0.717) is 49.1 Å². The van der Waals surface area contributed by atoms with Crippen LogP contribution in [0.1, 0.15) is 12.1 Å². The molecular formula is C18H19F2N9O. The molecule has 0 amide bonds. The van der Waals surface area contributed by atoms with Gasteiger partial charge in [0.05, 0.1) is 43.8 Å². The molecule has 0 saturated carbocycles. The van der Waals surface area contributed by atoms with Gasteiger partial charge in [-0.15, -0.1) is 0 Å². The summed E-state index contributed by atoms with van der Waals surface area (Å²) in [6, 6.07) is 4.50. The molecule has 0 radical (unpaired) electrons. The number of nitrogens with one attached hydrogen (secondary N) is 2. The highest BCUT2D eigenvalue weighted by Gasteiger charge is 2.23. The highest BCUT2D eigenvalue weighted by Crippen LogP contribution is 2.24. The minimum absolute atomic E-state index is 0.202. The summed E-state index contributed by atoms with van der Waals surface area (Å²) >= 11 is 0. The average molecular weight is 415 g/mol. The number of rotatable bonds is 7. The predicted molar refractivity (Wildman–Crippen MR) is 105 cm³/mol. The van der Waals surface area contributed by atoms with Gasteiger partial charge in [-0.25, -0.2) is 28.2 Å². The molecule has 3 aromatic heterocycles. The van der Waals surface area contributed by atoms with Crippen LogP contribution in [-0.4, -0.2) is 74.5 Å². The molecule has 1 atom stereocenters. The van der Waals surface area contributed by atoms with Crippen LogP contribution in [0.5, 0.6) is 0 Å². The third-order valence-electron chi connectivity index (χ3n) is 4.73. The zero-order valence-electron chi connectivity index (χ0n) is 15.8. The summed E-state index contributed by atoms with van der Waals surface area (Å²) in [6.07, 6.45) is 2.21. The molecule has 12 heteroatoms. The number of nitrogens with zero attached hydrogens (tertiary/aromatic N) is 7. The number of morpholine rings is 1. The predicted octanol–water partition coefficient (Wildman–Crippen LogP) is 1.85. The quantitative estimate of drug-likeness (QED) is 0.446. The molecule has 2 N–H and O–H groups in total. The lowest BCUT2D eigenvalue weighted by molar-refractivity contribution is 0.0349. The highest BCUT2D eigenvalue weighted by molar-refractivity contribution is 5.71. The first-order valence-electron chi connectivity index (χ1n) is 9.17. The number of fused-ring (bicyclic) bond motifs is 1. The van der Waals surface area contributed by atoms with Crippen LogP contribution in [0.25, 0.3) is 17.0 Å². The zero-order chi connectivity index (χ0) is 21.1. The normalized spacial score (nSPS) is 16.8. The van der Waals surface area contributed by atoms with E-state index in [0.717, 1.165) is 12.7 Å². The van der Waals surface area contributed by atoms with Crippen LogP contribution < -0.4 is 4.90 Å². The maximum atomic E-state index is 13.0. The van der Waals surface area contributed by atoms with Gasteiger partial charge in [-0.1, -0.05) is 0 Å². The second-order valence-electron chi connectivity index (χ2n) is 6.63. The Morgan fingerprint density at radius 1 is 1.23 bits per heavy atom. The average Bonchev–Trinajstić information content (AvgIpc) is 3.21.